The molecule has 0 radical (unpaired) electrons. The molecule has 0 saturated heterocycles. The first-order valence-corrected chi connectivity index (χ1v) is 8.36. The molecule has 1 heterocycles. The first kappa shape index (κ1) is 17.0. The van der Waals surface area contributed by atoms with Gasteiger partial charge in [-0.15, -0.1) is 0 Å². The lowest BCUT2D eigenvalue weighted by Crippen LogP contribution is -2.49. The van der Waals surface area contributed by atoms with Crippen molar-refractivity contribution in [2.45, 2.75) is 71.4 Å². The highest BCUT2D eigenvalue weighted by Gasteiger charge is 2.34. The minimum atomic E-state index is -0.0169. The van der Waals surface area contributed by atoms with Crippen molar-refractivity contribution < 1.29 is 13.9 Å². The molecule has 22 heavy (non-hydrogen) atoms. The molecule has 1 aliphatic rings. The number of methoxy groups -OCH3 is 1. The molecule has 1 amide bonds. The summed E-state index contributed by atoms with van der Waals surface area (Å²) >= 11 is 0. The van der Waals surface area contributed by atoms with Gasteiger partial charge in [-0.05, 0) is 26.2 Å². The first-order chi connectivity index (χ1) is 10.6. The lowest BCUT2D eigenvalue weighted by molar-refractivity contribution is -0.00702. The number of carbonyl (C=O) groups excluding carboxylic acids is 1. The van der Waals surface area contributed by atoms with Gasteiger partial charge in [-0.25, -0.2) is 4.98 Å². The second-order valence-electron chi connectivity index (χ2n) is 6.12. The summed E-state index contributed by atoms with van der Waals surface area (Å²) in [5.41, 5.74) is 0.453. The van der Waals surface area contributed by atoms with Crippen LogP contribution in [0.3, 0.4) is 0 Å². The number of hydrogen-bond acceptors (Lipinski definition) is 4. The van der Waals surface area contributed by atoms with Crippen molar-refractivity contribution in [3.63, 3.8) is 0 Å². The molecule has 1 aliphatic carbocycles. The van der Waals surface area contributed by atoms with Gasteiger partial charge >= 0.3 is 0 Å². The summed E-state index contributed by atoms with van der Waals surface area (Å²) in [6.45, 7) is 6.48. The fraction of sp³-hybridized carbons (Fsp3) is 0.765. The second kappa shape index (κ2) is 7.77. The average Bonchev–Trinajstić information content (AvgIpc) is 2.86. The van der Waals surface area contributed by atoms with Crippen molar-refractivity contribution in [3.05, 3.63) is 17.3 Å². The zero-order valence-electron chi connectivity index (χ0n) is 14.2. The number of oxazole rings is 1. The van der Waals surface area contributed by atoms with Gasteiger partial charge in [0.1, 0.15) is 5.76 Å². The molecule has 1 aromatic rings. The summed E-state index contributed by atoms with van der Waals surface area (Å²) in [5, 5.41) is 0. The maximum Gasteiger partial charge on any atom is 0.276 e. The van der Waals surface area contributed by atoms with E-state index in [9.17, 15) is 4.79 Å². The Hall–Kier alpha value is -1.36. The van der Waals surface area contributed by atoms with Gasteiger partial charge in [0.2, 0.25) is 0 Å². The van der Waals surface area contributed by atoms with Crippen LogP contribution in [0.2, 0.25) is 0 Å². The fourth-order valence-electron chi connectivity index (χ4n) is 3.32. The van der Waals surface area contributed by atoms with E-state index >= 15 is 0 Å². The van der Waals surface area contributed by atoms with Gasteiger partial charge in [0.05, 0.1) is 12.1 Å². The summed E-state index contributed by atoms with van der Waals surface area (Å²) in [4.78, 5) is 19.3. The Morgan fingerprint density at radius 1 is 1.36 bits per heavy atom. The van der Waals surface area contributed by atoms with Crippen LogP contribution in [0, 0.1) is 13.8 Å². The van der Waals surface area contributed by atoms with Crippen molar-refractivity contribution in [2.24, 2.45) is 0 Å². The van der Waals surface area contributed by atoms with Crippen molar-refractivity contribution >= 4 is 5.91 Å². The Labute approximate surface area is 133 Å². The maximum atomic E-state index is 13.0. The Kier molecular flexibility index (Phi) is 6.00. The van der Waals surface area contributed by atoms with E-state index < -0.39 is 0 Å². The molecule has 0 aromatic carbocycles. The van der Waals surface area contributed by atoms with Gasteiger partial charge in [-0.1, -0.05) is 26.2 Å². The zero-order valence-corrected chi connectivity index (χ0v) is 14.2. The molecule has 5 heteroatoms. The highest BCUT2D eigenvalue weighted by Crippen LogP contribution is 2.27. The Morgan fingerprint density at radius 3 is 2.68 bits per heavy atom. The van der Waals surface area contributed by atoms with E-state index in [0.717, 1.165) is 38.6 Å². The molecule has 2 atom stereocenters. The smallest absolute Gasteiger partial charge is 0.276 e. The highest BCUT2D eigenvalue weighted by atomic mass is 16.5. The molecule has 0 bridgehead atoms. The van der Waals surface area contributed by atoms with E-state index in [1.54, 1.807) is 21.0 Å². The highest BCUT2D eigenvalue weighted by molar-refractivity contribution is 5.93. The lowest BCUT2D eigenvalue weighted by atomic mass is 9.90. The van der Waals surface area contributed by atoms with Gasteiger partial charge < -0.3 is 14.1 Å². The standard InChI is InChI=1S/C17H28N2O3/c1-5-6-11-19(14-9-7-8-10-15(14)21-4)17(20)16-12(2)22-13(3)18-16/h14-15H,5-11H2,1-4H3/t14-,15-/m1/s1. The summed E-state index contributed by atoms with van der Waals surface area (Å²) in [6, 6.07) is 0.147. The maximum absolute atomic E-state index is 13.0. The minimum absolute atomic E-state index is 0.0169. The molecule has 2 rings (SSSR count). The van der Waals surface area contributed by atoms with Gasteiger partial charge in [-0.2, -0.15) is 0 Å². The largest absolute Gasteiger partial charge is 0.445 e. The van der Waals surface area contributed by atoms with E-state index in [0.29, 0.717) is 17.3 Å². The number of unbranched alkanes of at least 4 members (excludes halogenated alkanes) is 1. The SMILES string of the molecule is CCCCN(C(=O)c1nc(C)oc1C)[C@@H]1CCCC[C@H]1OC. The van der Waals surface area contributed by atoms with Gasteiger partial charge in [-0.3, -0.25) is 4.79 Å². The Morgan fingerprint density at radius 2 is 2.09 bits per heavy atom. The number of carbonyl (C=O) groups is 1. The third-order valence-electron chi connectivity index (χ3n) is 4.49. The molecular weight excluding hydrogens is 280 g/mol. The van der Waals surface area contributed by atoms with Crippen LogP contribution in [0.25, 0.3) is 0 Å². The van der Waals surface area contributed by atoms with Crippen molar-refractivity contribution in [1.82, 2.24) is 9.88 Å². The zero-order chi connectivity index (χ0) is 16.1. The lowest BCUT2D eigenvalue weighted by Gasteiger charge is -2.39. The number of aromatic nitrogens is 1. The molecule has 1 aromatic heterocycles. The summed E-state index contributed by atoms with van der Waals surface area (Å²) in [7, 11) is 1.75. The van der Waals surface area contributed by atoms with Crippen LogP contribution >= 0.6 is 0 Å². The van der Waals surface area contributed by atoms with Crippen LogP contribution in [0.15, 0.2) is 4.42 Å². The topological polar surface area (TPSA) is 55.6 Å². The fourth-order valence-corrected chi connectivity index (χ4v) is 3.32. The van der Waals surface area contributed by atoms with E-state index in [1.165, 1.54) is 6.42 Å². The summed E-state index contributed by atoms with van der Waals surface area (Å²) in [5.74, 6) is 1.13. The van der Waals surface area contributed by atoms with Crippen LogP contribution < -0.4 is 0 Å². The predicted molar refractivity (Wildman–Crippen MR) is 85.0 cm³/mol. The van der Waals surface area contributed by atoms with E-state index in [1.807, 2.05) is 4.90 Å². The Bertz CT molecular complexity index is 498. The molecular formula is C17H28N2O3. The van der Waals surface area contributed by atoms with E-state index in [4.69, 9.17) is 9.15 Å². The van der Waals surface area contributed by atoms with Crippen LogP contribution in [0.1, 0.15) is 67.6 Å². The van der Waals surface area contributed by atoms with E-state index in [-0.39, 0.29) is 18.1 Å². The third-order valence-corrected chi connectivity index (χ3v) is 4.49. The molecule has 1 fully saturated rings. The van der Waals surface area contributed by atoms with Gasteiger partial charge in [0, 0.05) is 20.6 Å². The molecule has 0 spiro atoms. The summed E-state index contributed by atoms with van der Waals surface area (Å²) in [6.07, 6.45) is 6.53. The van der Waals surface area contributed by atoms with Crippen LogP contribution in [-0.2, 0) is 4.74 Å². The number of rotatable bonds is 6. The normalized spacial score (nSPS) is 21.8. The average molecular weight is 308 g/mol. The number of amides is 1. The van der Waals surface area contributed by atoms with Crippen molar-refractivity contribution in [3.8, 4) is 0 Å². The number of ether oxygens (including phenoxy) is 1. The monoisotopic (exact) mass is 308 g/mol. The quantitative estimate of drug-likeness (QED) is 0.807. The van der Waals surface area contributed by atoms with Crippen LogP contribution in [0.5, 0.6) is 0 Å². The molecule has 1 saturated carbocycles. The van der Waals surface area contributed by atoms with Crippen molar-refractivity contribution in [1.29, 1.82) is 0 Å². The molecule has 0 aliphatic heterocycles. The van der Waals surface area contributed by atoms with Crippen molar-refractivity contribution in [2.75, 3.05) is 13.7 Å². The summed E-state index contributed by atoms with van der Waals surface area (Å²) < 4.78 is 11.1. The number of nitrogens with zero attached hydrogens (tertiary/aromatic N) is 2. The van der Waals surface area contributed by atoms with Crippen LogP contribution in [0.4, 0.5) is 0 Å². The van der Waals surface area contributed by atoms with Crippen LogP contribution in [-0.4, -0.2) is 41.6 Å². The number of hydrogen-bond donors (Lipinski definition) is 0. The second-order valence-corrected chi connectivity index (χ2v) is 6.12. The minimum Gasteiger partial charge on any atom is -0.445 e. The third kappa shape index (κ3) is 3.69. The number of aryl methyl sites for hydroxylation is 2. The van der Waals surface area contributed by atoms with E-state index in [2.05, 4.69) is 11.9 Å². The predicted octanol–water partition coefficient (Wildman–Crippen LogP) is 3.49. The molecule has 124 valence electrons. The van der Waals surface area contributed by atoms with Gasteiger partial charge in [0.15, 0.2) is 11.6 Å². The molecule has 0 N–H and O–H groups in total. The molecule has 5 nitrogen and oxygen atoms in total. The Balaban J connectivity index is 2.24. The van der Waals surface area contributed by atoms with Gasteiger partial charge in [0.25, 0.3) is 5.91 Å². The first-order valence-electron chi connectivity index (χ1n) is 8.36. The molecule has 0 unspecified atom stereocenters.